The Morgan fingerprint density at radius 2 is 1.95 bits per heavy atom. The predicted molar refractivity (Wildman–Crippen MR) is 84.1 cm³/mol. The number of hydrogen-bond donors (Lipinski definition) is 1. The molecule has 0 saturated heterocycles. The second kappa shape index (κ2) is 6.20. The quantitative estimate of drug-likeness (QED) is 0.714. The molecule has 0 radical (unpaired) electrons. The number of nitrogens with one attached hydrogen (secondary N) is 1. The first-order valence-corrected chi connectivity index (χ1v) is 7.52. The van der Waals surface area contributed by atoms with Crippen LogP contribution in [-0.4, -0.2) is 9.97 Å². The number of nitrogens with zero attached hydrogens (tertiary/aromatic N) is 2. The number of hydrogen-bond acceptors (Lipinski definition) is 4. The molecule has 0 atom stereocenters. The van der Waals surface area contributed by atoms with Crippen LogP contribution in [0.4, 0.5) is 9.52 Å². The van der Waals surface area contributed by atoms with Crippen LogP contribution in [0.2, 0.25) is 5.15 Å². The van der Waals surface area contributed by atoms with E-state index in [4.69, 9.17) is 11.6 Å². The second-order valence-corrected chi connectivity index (χ2v) is 5.63. The summed E-state index contributed by atoms with van der Waals surface area (Å²) in [5.74, 6) is -0.248. The van der Waals surface area contributed by atoms with Crippen molar-refractivity contribution in [3.05, 3.63) is 64.5 Å². The van der Waals surface area contributed by atoms with E-state index >= 15 is 0 Å². The van der Waals surface area contributed by atoms with Gasteiger partial charge in [-0.1, -0.05) is 17.7 Å². The Morgan fingerprint density at radius 1 is 1.14 bits per heavy atom. The number of anilines is 1. The van der Waals surface area contributed by atoms with Gasteiger partial charge in [0.1, 0.15) is 11.0 Å². The van der Waals surface area contributed by atoms with Gasteiger partial charge in [-0.15, -0.1) is 11.3 Å². The van der Waals surface area contributed by atoms with Gasteiger partial charge < -0.3 is 5.32 Å². The van der Waals surface area contributed by atoms with Crippen LogP contribution in [0.5, 0.6) is 0 Å². The van der Waals surface area contributed by atoms with Gasteiger partial charge in [-0.2, -0.15) is 0 Å². The minimum Gasteiger partial charge on any atom is -0.357 e. The van der Waals surface area contributed by atoms with E-state index in [9.17, 15) is 4.39 Å². The lowest BCUT2D eigenvalue weighted by molar-refractivity contribution is 0.628. The third-order valence-corrected chi connectivity index (χ3v) is 3.90. The Morgan fingerprint density at radius 3 is 2.67 bits per heavy atom. The van der Waals surface area contributed by atoms with Crippen LogP contribution >= 0.6 is 22.9 Å². The summed E-state index contributed by atoms with van der Waals surface area (Å²) in [5, 5.41) is 6.46. The van der Waals surface area contributed by atoms with E-state index in [1.807, 2.05) is 11.4 Å². The first-order valence-electron chi connectivity index (χ1n) is 6.26. The minimum absolute atomic E-state index is 0.248. The molecule has 0 aliphatic carbocycles. The lowest BCUT2D eigenvalue weighted by Crippen LogP contribution is -1.99. The van der Waals surface area contributed by atoms with Crippen LogP contribution < -0.4 is 5.32 Å². The zero-order valence-electron chi connectivity index (χ0n) is 10.9. The Balaban J connectivity index is 1.67. The molecule has 21 heavy (non-hydrogen) atoms. The van der Waals surface area contributed by atoms with Gasteiger partial charge in [0.2, 0.25) is 0 Å². The van der Waals surface area contributed by atoms with E-state index in [-0.39, 0.29) is 5.82 Å². The lowest BCUT2D eigenvalue weighted by atomic mass is 10.2. The molecule has 6 heteroatoms. The van der Waals surface area contributed by atoms with Crippen molar-refractivity contribution in [3.8, 4) is 11.3 Å². The van der Waals surface area contributed by atoms with Gasteiger partial charge >= 0.3 is 0 Å². The molecule has 3 nitrogen and oxygen atoms in total. The number of pyridine rings is 1. The van der Waals surface area contributed by atoms with Crippen molar-refractivity contribution in [1.29, 1.82) is 0 Å². The number of thiazole rings is 1. The van der Waals surface area contributed by atoms with E-state index in [0.29, 0.717) is 11.7 Å². The number of halogens is 2. The highest BCUT2D eigenvalue weighted by Crippen LogP contribution is 2.25. The molecule has 2 aromatic heterocycles. The highest BCUT2D eigenvalue weighted by atomic mass is 35.5. The summed E-state index contributed by atoms with van der Waals surface area (Å²) in [6.45, 7) is 0.626. The first-order chi connectivity index (χ1) is 10.2. The minimum atomic E-state index is -0.248. The van der Waals surface area contributed by atoms with Crippen LogP contribution in [0, 0.1) is 5.82 Å². The second-order valence-electron chi connectivity index (χ2n) is 4.39. The highest BCUT2D eigenvalue weighted by Gasteiger charge is 2.05. The average molecular weight is 320 g/mol. The molecular weight excluding hydrogens is 309 g/mol. The Labute approximate surface area is 130 Å². The zero-order chi connectivity index (χ0) is 14.7. The van der Waals surface area contributed by atoms with Gasteiger partial charge in [0.05, 0.1) is 5.69 Å². The third kappa shape index (κ3) is 3.56. The van der Waals surface area contributed by atoms with Crippen molar-refractivity contribution in [2.75, 3.05) is 5.32 Å². The maximum atomic E-state index is 12.9. The number of benzene rings is 1. The molecule has 1 N–H and O–H groups in total. The summed E-state index contributed by atoms with van der Waals surface area (Å²) < 4.78 is 12.9. The zero-order valence-corrected chi connectivity index (χ0v) is 12.5. The molecule has 3 rings (SSSR count). The molecule has 0 amide bonds. The standard InChI is InChI=1S/C15H11ClFN3S/c16-14-6-1-10(7-18-14)8-19-15-20-13(9-21-15)11-2-4-12(17)5-3-11/h1-7,9H,8H2,(H,19,20). The van der Waals surface area contributed by atoms with E-state index < -0.39 is 0 Å². The fraction of sp³-hybridized carbons (Fsp3) is 0.0667. The molecule has 0 aliphatic rings. The number of rotatable bonds is 4. The monoisotopic (exact) mass is 319 g/mol. The van der Waals surface area contributed by atoms with Crippen molar-refractivity contribution in [2.45, 2.75) is 6.54 Å². The molecule has 0 aliphatic heterocycles. The largest absolute Gasteiger partial charge is 0.357 e. The summed E-state index contributed by atoms with van der Waals surface area (Å²) in [7, 11) is 0. The smallest absolute Gasteiger partial charge is 0.183 e. The Kier molecular flexibility index (Phi) is 4.13. The van der Waals surface area contributed by atoms with Gasteiger partial charge in [-0.25, -0.2) is 14.4 Å². The van der Waals surface area contributed by atoms with E-state index in [1.165, 1.54) is 23.5 Å². The third-order valence-electron chi connectivity index (χ3n) is 2.88. The predicted octanol–water partition coefficient (Wildman–Crippen LogP) is 4.61. The lowest BCUT2D eigenvalue weighted by Gasteiger charge is -2.02. The van der Waals surface area contributed by atoms with Crippen molar-refractivity contribution in [1.82, 2.24) is 9.97 Å². The Bertz CT molecular complexity index is 725. The molecule has 1 aromatic carbocycles. The van der Waals surface area contributed by atoms with Crippen LogP contribution in [0.3, 0.4) is 0 Å². The van der Waals surface area contributed by atoms with Crippen LogP contribution in [0.15, 0.2) is 48.0 Å². The van der Waals surface area contributed by atoms with Gasteiger partial charge in [0.15, 0.2) is 5.13 Å². The molecule has 0 bridgehead atoms. The van der Waals surface area contributed by atoms with Gasteiger partial charge in [0.25, 0.3) is 0 Å². The molecule has 2 heterocycles. The highest BCUT2D eigenvalue weighted by molar-refractivity contribution is 7.14. The van der Waals surface area contributed by atoms with Gasteiger partial charge in [0, 0.05) is 23.7 Å². The molecular formula is C15H11ClFN3S. The summed E-state index contributed by atoms with van der Waals surface area (Å²) in [6.07, 6.45) is 1.73. The summed E-state index contributed by atoms with van der Waals surface area (Å²) in [4.78, 5) is 8.51. The van der Waals surface area contributed by atoms with Crippen LogP contribution in [-0.2, 0) is 6.54 Å². The molecule has 0 spiro atoms. The van der Waals surface area contributed by atoms with Crippen LogP contribution in [0.1, 0.15) is 5.56 Å². The topological polar surface area (TPSA) is 37.8 Å². The summed E-state index contributed by atoms with van der Waals surface area (Å²) >= 11 is 7.25. The van der Waals surface area contributed by atoms with E-state index in [1.54, 1.807) is 24.4 Å². The van der Waals surface area contributed by atoms with Gasteiger partial charge in [-0.05, 0) is 35.9 Å². The number of aromatic nitrogens is 2. The van der Waals surface area contributed by atoms with Crippen molar-refractivity contribution in [3.63, 3.8) is 0 Å². The maximum absolute atomic E-state index is 12.9. The Hall–Kier alpha value is -1.98. The molecule has 0 unspecified atom stereocenters. The SMILES string of the molecule is Fc1ccc(-c2csc(NCc3ccc(Cl)nc3)n2)cc1. The molecule has 106 valence electrons. The van der Waals surface area contributed by atoms with Gasteiger partial charge in [-0.3, -0.25) is 0 Å². The normalized spacial score (nSPS) is 10.6. The maximum Gasteiger partial charge on any atom is 0.183 e. The molecule has 0 fully saturated rings. The van der Waals surface area contributed by atoms with E-state index in [0.717, 1.165) is 22.0 Å². The fourth-order valence-corrected chi connectivity index (χ4v) is 2.63. The van der Waals surface area contributed by atoms with Crippen molar-refractivity contribution < 1.29 is 4.39 Å². The van der Waals surface area contributed by atoms with Crippen LogP contribution in [0.25, 0.3) is 11.3 Å². The average Bonchev–Trinajstić information content (AvgIpc) is 2.96. The summed E-state index contributed by atoms with van der Waals surface area (Å²) in [5.41, 5.74) is 2.75. The van der Waals surface area contributed by atoms with E-state index in [2.05, 4.69) is 15.3 Å². The molecule has 0 saturated carbocycles. The summed E-state index contributed by atoms with van der Waals surface area (Å²) in [6, 6.07) is 9.97. The van der Waals surface area contributed by atoms with Crippen molar-refractivity contribution in [2.24, 2.45) is 0 Å². The van der Waals surface area contributed by atoms with Crippen molar-refractivity contribution >= 4 is 28.1 Å². The molecule has 3 aromatic rings. The fourth-order valence-electron chi connectivity index (χ4n) is 1.80. The first kappa shape index (κ1) is 14.0.